The second kappa shape index (κ2) is 12.2. The van der Waals surface area contributed by atoms with E-state index in [9.17, 15) is 13.2 Å². The van der Waals surface area contributed by atoms with Gasteiger partial charge in [-0.15, -0.1) is 24.0 Å². The number of ether oxygens (including phenoxy) is 2. The van der Waals surface area contributed by atoms with Crippen LogP contribution in [-0.4, -0.2) is 70.5 Å². The minimum absolute atomic E-state index is 0. The molecule has 27 heavy (non-hydrogen) atoms. The molecular weight excluding hydrogens is 476 g/mol. The van der Waals surface area contributed by atoms with Crippen LogP contribution in [0.1, 0.15) is 5.56 Å². The molecule has 1 saturated heterocycles. The predicted molar refractivity (Wildman–Crippen MR) is 109 cm³/mol. The molecule has 154 valence electrons. The highest BCUT2D eigenvalue weighted by atomic mass is 127. The van der Waals surface area contributed by atoms with Crippen LogP contribution in [0.4, 0.5) is 13.2 Å². The van der Waals surface area contributed by atoms with Crippen molar-refractivity contribution in [3.05, 3.63) is 29.8 Å². The Labute approximate surface area is 174 Å². The molecule has 0 atom stereocenters. The van der Waals surface area contributed by atoms with Crippen LogP contribution < -0.4 is 15.4 Å². The highest BCUT2D eigenvalue weighted by Crippen LogP contribution is 2.35. The van der Waals surface area contributed by atoms with E-state index in [1.165, 1.54) is 18.2 Å². The summed E-state index contributed by atoms with van der Waals surface area (Å²) < 4.78 is 49.3. The average Bonchev–Trinajstić information content (AvgIpc) is 2.64. The van der Waals surface area contributed by atoms with E-state index >= 15 is 0 Å². The standard InChI is InChI=1S/C17H25F3N4O2.HI/c1-21-16(22-6-8-24-9-12-25-13-10-24)23-7-11-26-15-5-3-2-4-14(15)17(18,19)20;/h2-5H,6-13H2,1H3,(H2,21,22,23);1H. The maximum absolute atomic E-state index is 12.9. The summed E-state index contributed by atoms with van der Waals surface area (Å²) in [6.45, 7) is 5.37. The van der Waals surface area contributed by atoms with Gasteiger partial charge in [0.15, 0.2) is 5.96 Å². The quantitative estimate of drug-likeness (QED) is 0.259. The molecule has 1 fully saturated rings. The number of guanidine groups is 1. The molecule has 0 aliphatic carbocycles. The van der Waals surface area contributed by atoms with Crippen molar-refractivity contribution in [2.45, 2.75) is 6.18 Å². The minimum Gasteiger partial charge on any atom is -0.491 e. The lowest BCUT2D eigenvalue weighted by molar-refractivity contribution is -0.138. The monoisotopic (exact) mass is 502 g/mol. The Hall–Kier alpha value is -1.27. The van der Waals surface area contributed by atoms with E-state index in [2.05, 4.69) is 20.5 Å². The summed E-state index contributed by atoms with van der Waals surface area (Å²) in [4.78, 5) is 6.38. The van der Waals surface area contributed by atoms with Crippen molar-refractivity contribution in [1.29, 1.82) is 0 Å². The molecule has 2 N–H and O–H groups in total. The molecule has 1 heterocycles. The highest BCUT2D eigenvalue weighted by molar-refractivity contribution is 14.0. The van der Waals surface area contributed by atoms with Crippen molar-refractivity contribution in [3.63, 3.8) is 0 Å². The van der Waals surface area contributed by atoms with Gasteiger partial charge in [-0.3, -0.25) is 9.89 Å². The fraction of sp³-hybridized carbons (Fsp3) is 0.588. The topological polar surface area (TPSA) is 58.1 Å². The van der Waals surface area contributed by atoms with Crippen molar-refractivity contribution in [2.24, 2.45) is 4.99 Å². The van der Waals surface area contributed by atoms with Crippen LogP contribution in [-0.2, 0) is 10.9 Å². The first-order valence-corrected chi connectivity index (χ1v) is 8.54. The molecule has 0 amide bonds. The van der Waals surface area contributed by atoms with Crippen molar-refractivity contribution in [2.75, 3.05) is 59.6 Å². The molecule has 0 radical (unpaired) electrons. The molecule has 0 unspecified atom stereocenters. The first-order chi connectivity index (χ1) is 12.5. The zero-order chi connectivity index (χ0) is 18.8. The summed E-state index contributed by atoms with van der Waals surface area (Å²) in [5.74, 6) is 0.419. The first kappa shape index (κ1) is 23.8. The first-order valence-electron chi connectivity index (χ1n) is 8.54. The van der Waals surface area contributed by atoms with Gasteiger partial charge in [-0.2, -0.15) is 13.2 Å². The fourth-order valence-electron chi connectivity index (χ4n) is 2.53. The number of alkyl halides is 3. The number of para-hydroxylation sites is 1. The van der Waals surface area contributed by atoms with Crippen LogP contribution in [0.25, 0.3) is 0 Å². The number of benzene rings is 1. The Morgan fingerprint density at radius 3 is 2.52 bits per heavy atom. The Morgan fingerprint density at radius 1 is 1.19 bits per heavy atom. The molecule has 10 heteroatoms. The summed E-state index contributed by atoms with van der Waals surface area (Å²) in [5, 5.41) is 6.20. The van der Waals surface area contributed by atoms with E-state index < -0.39 is 11.7 Å². The van der Waals surface area contributed by atoms with E-state index in [1.54, 1.807) is 7.05 Å². The maximum Gasteiger partial charge on any atom is 0.419 e. The highest BCUT2D eigenvalue weighted by Gasteiger charge is 2.33. The number of hydrogen-bond acceptors (Lipinski definition) is 4. The van der Waals surface area contributed by atoms with Gasteiger partial charge in [0.2, 0.25) is 0 Å². The number of aliphatic imine (C=N–C) groups is 1. The summed E-state index contributed by atoms with van der Waals surface area (Å²) in [6.07, 6.45) is -4.43. The van der Waals surface area contributed by atoms with Gasteiger partial charge in [0.25, 0.3) is 0 Å². The second-order valence-corrected chi connectivity index (χ2v) is 5.72. The Morgan fingerprint density at radius 2 is 1.85 bits per heavy atom. The predicted octanol–water partition coefficient (Wildman–Crippen LogP) is 2.20. The Balaban J connectivity index is 0.00000364. The van der Waals surface area contributed by atoms with Gasteiger partial charge in [-0.1, -0.05) is 12.1 Å². The zero-order valence-corrected chi connectivity index (χ0v) is 17.5. The van der Waals surface area contributed by atoms with Crippen LogP contribution in [0.15, 0.2) is 29.3 Å². The third-order valence-corrected chi connectivity index (χ3v) is 3.89. The van der Waals surface area contributed by atoms with Crippen LogP contribution in [0, 0.1) is 0 Å². The van der Waals surface area contributed by atoms with E-state index in [0.717, 1.165) is 45.5 Å². The average molecular weight is 502 g/mol. The third kappa shape index (κ3) is 8.52. The zero-order valence-electron chi connectivity index (χ0n) is 15.2. The molecule has 0 bridgehead atoms. The van der Waals surface area contributed by atoms with Crippen molar-refractivity contribution < 1.29 is 22.6 Å². The number of nitrogens with one attached hydrogen (secondary N) is 2. The molecule has 6 nitrogen and oxygen atoms in total. The van der Waals surface area contributed by atoms with Crippen molar-refractivity contribution >= 4 is 29.9 Å². The lowest BCUT2D eigenvalue weighted by atomic mass is 10.2. The van der Waals surface area contributed by atoms with Gasteiger partial charge < -0.3 is 20.1 Å². The molecule has 1 aliphatic heterocycles. The van der Waals surface area contributed by atoms with Crippen LogP contribution in [0.3, 0.4) is 0 Å². The van der Waals surface area contributed by atoms with Gasteiger partial charge in [-0.05, 0) is 12.1 Å². The number of rotatable bonds is 7. The number of halogens is 4. The fourth-order valence-corrected chi connectivity index (χ4v) is 2.53. The van der Waals surface area contributed by atoms with E-state index in [1.807, 2.05) is 0 Å². The molecule has 1 aromatic carbocycles. The summed E-state index contributed by atoms with van der Waals surface area (Å²) in [5.41, 5.74) is -0.770. The van der Waals surface area contributed by atoms with Crippen molar-refractivity contribution in [1.82, 2.24) is 15.5 Å². The minimum atomic E-state index is -4.43. The van der Waals surface area contributed by atoms with Crippen LogP contribution in [0.2, 0.25) is 0 Å². The molecule has 1 aromatic rings. The summed E-state index contributed by atoms with van der Waals surface area (Å²) >= 11 is 0. The van der Waals surface area contributed by atoms with E-state index in [4.69, 9.17) is 9.47 Å². The Bertz CT molecular complexity index is 582. The van der Waals surface area contributed by atoms with Crippen LogP contribution in [0.5, 0.6) is 5.75 Å². The summed E-state index contributed by atoms with van der Waals surface area (Å²) in [6, 6.07) is 5.19. The van der Waals surface area contributed by atoms with E-state index in [0.29, 0.717) is 12.5 Å². The molecule has 0 aromatic heterocycles. The van der Waals surface area contributed by atoms with Gasteiger partial charge >= 0.3 is 6.18 Å². The number of morpholine rings is 1. The molecule has 1 aliphatic rings. The normalized spacial score (nSPS) is 15.8. The molecule has 0 spiro atoms. The van der Waals surface area contributed by atoms with Gasteiger partial charge in [0, 0.05) is 33.2 Å². The summed E-state index contributed by atoms with van der Waals surface area (Å²) in [7, 11) is 1.64. The van der Waals surface area contributed by atoms with Gasteiger partial charge in [0.1, 0.15) is 12.4 Å². The third-order valence-electron chi connectivity index (χ3n) is 3.89. The number of hydrogen-bond donors (Lipinski definition) is 2. The second-order valence-electron chi connectivity index (χ2n) is 5.72. The lowest BCUT2D eigenvalue weighted by Crippen LogP contribution is -2.45. The SMILES string of the molecule is CN=C(NCCOc1ccccc1C(F)(F)F)NCCN1CCOCC1.I. The molecule has 2 rings (SSSR count). The molecular formula is C17H26F3IN4O2. The van der Waals surface area contributed by atoms with Crippen molar-refractivity contribution in [3.8, 4) is 5.75 Å². The van der Waals surface area contributed by atoms with E-state index in [-0.39, 0.29) is 36.3 Å². The van der Waals surface area contributed by atoms with Gasteiger partial charge in [-0.25, -0.2) is 0 Å². The maximum atomic E-state index is 12.9. The smallest absolute Gasteiger partial charge is 0.419 e. The molecule has 0 saturated carbocycles. The number of nitrogens with zero attached hydrogens (tertiary/aromatic N) is 2. The lowest BCUT2D eigenvalue weighted by Gasteiger charge is -2.26. The Kier molecular flexibility index (Phi) is 10.8. The van der Waals surface area contributed by atoms with Gasteiger partial charge in [0.05, 0.1) is 25.3 Å². The largest absolute Gasteiger partial charge is 0.491 e. The van der Waals surface area contributed by atoms with Crippen LogP contribution >= 0.6 is 24.0 Å².